The zero-order chi connectivity index (χ0) is 16.7. The molecule has 1 saturated carbocycles. The Labute approximate surface area is 133 Å². The third-order valence-corrected chi connectivity index (χ3v) is 6.46. The fourth-order valence-electron chi connectivity index (χ4n) is 2.99. The average Bonchev–Trinajstić information content (AvgIpc) is 3.27. The normalized spacial score (nSPS) is 26.3. The predicted molar refractivity (Wildman–Crippen MR) is 80.7 cm³/mol. The molecule has 0 heterocycles. The molecule has 0 N–H and O–H groups in total. The van der Waals surface area contributed by atoms with Crippen LogP contribution in [0.25, 0.3) is 0 Å². The Morgan fingerprint density at radius 3 is 2.22 bits per heavy atom. The Morgan fingerprint density at radius 1 is 1.09 bits per heavy atom. The molecule has 2 aromatic rings. The van der Waals surface area contributed by atoms with Gasteiger partial charge < -0.3 is 4.79 Å². The number of benzene rings is 2. The van der Waals surface area contributed by atoms with E-state index in [2.05, 4.69) is 0 Å². The van der Waals surface area contributed by atoms with Crippen LogP contribution in [0.1, 0.15) is 11.5 Å². The molecular formula is C17H12FNO3S. The molecule has 2 aromatic carbocycles. The van der Waals surface area contributed by atoms with Crippen molar-refractivity contribution in [2.45, 2.75) is 16.1 Å². The first kappa shape index (κ1) is 15.4. The van der Waals surface area contributed by atoms with E-state index < -0.39 is 32.2 Å². The van der Waals surface area contributed by atoms with Crippen LogP contribution < -0.4 is 0 Å². The standard InChI is InChI=1S/C17H12FNO3S/c18-13-8-6-12(7-9-13)15-16(17(15,10-19)11-20)23(21,22)14-4-2-1-3-5-14/h1-9,11,15-16H/t15-,16+,17-/m0/s1. The highest BCUT2D eigenvalue weighted by Crippen LogP contribution is 2.62. The lowest BCUT2D eigenvalue weighted by Crippen LogP contribution is -2.16. The summed E-state index contributed by atoms with van der Waals surface area (Å²) < 4.78 is 38.7. The van der Waals surface area contributed by atoms with Crippen LogP contribution in [0.3, 0.4) is 0 Å². The SMILES string of the molecule is N#C[C@@]1(C=O)[C@H](S(=O)(=O)c2ccccc2)[C@@H]1c1ccc(F)cc1. The molecule has 0 bridgehead atoms. The molecule has 6 heteroatoms. The van der Waals surface area contributed by atoms with Crippen LogP contribution in [0.5, 0.6) is 0 Å². The second kappa shape index (κ2) is 5.28. The van der Waals surface area contributed by atoms with E-state index in [0.717, 1.165) is 0 Å². The maximum Gasteiger partial charge on any atom is 0.183 e. The molecule has 3 atom stereocenters. The van der Waals surface area contributed by atoms with Gasteiger partial charge in [-0.1, -0.05) is 30.3 Å². The zero-order valence-electron chi connectivity index (χ0n) is 11.9. The molecule has 4 nitrogen and oxygen atoms in total. The molecular weight excluding hydrogens is 317 g/mol. The molecule has 0 unspecified atom stereocenters. The molecule has 3 rings (SSSR count). The van der Waals surface area contributed by atoms with Gasteiger partial charge in [0, 0.05) is 5.92 Å². The Kier molecular flexibility index (Phi) is 3.53. The fraction of sp³-hybridized carbons (Fsp3) is 0.176. The van der Waals surface area contributed by atoms with E-state index in [1.54, 1.807) is 18.2 Å². The highest BCUT2D eigenvalue weighted by atomic mass is 32.2. The summed E-state index contributed by atoms with van der Waals surface area (Å²) in [6, 6.07) is 14.8. The van der Waals surface area contributed by atoms with E-state index in [-0.39, 0.29) is 4.90 Å². The zero-order valence-corrected chi connectivity index (χ0v) is 12.7. The van der Waals surface area contributed by atoms with Gasteiger partial charge in [0.1, 0.15) is 22.8 Å². The van der Waals surface area contributed by atoms with Crippen LogP contribution in [0.4, 0.5) is 4.39 Å². The highest BCUT2D eigenvalue weighted by molar-refractivity contribution is 7.92. The van der Waals surface area contributed by atoms with Crippen LogP contribution >= 0.6 is 0 Å². The topological polar surface area (TPSA) is 75.0 Å². The quantitative estimate of drug-likeness (QED) is 0.808. The van der Waals surface area contributed by atoms with Crippen molar-refractivity contribution in [3.63, 3.8) is 0 Å². The summed E-state index contributed by atoms with van der Waals surface area (Å²) >= 11 is 0. The second-order valence-corrected chi connectivity index (χ2v) is 7.54. The third kappa shape index (κ3) is 2.25. The van der Waals surface area contributed by atoms with Gasteiger partial charge in [-0.2, -0.15) is 5.26 Å². The average molecular weight is 329 g/mol. The number of nitrogens with zero attached hydrogens (tertiary/aromatic N) is 1. The first-order valence-electron chi connectivity index (χ1n) is 6.89. The van der Waals surface area contributed by atoms with Crippen molar-refractivity contribution in [3.8, 4) is 6.07 Å². The Morgan fingerprint density at radius 2 is 1.70 bits per heavy atom. The first-order valence-corrected chi connectivity index (χ1v) is 8.44. The van der Waals surface area contributed by atoms with Crippen LogP contribution in [0.15, 0.2) is 59.5 Å². The van der Waals surface area contributed by atoms with E-state index in [0.29, 0.717) is 11.8 Å². The minimum absolute atomic E-state index is 0.0658. The van der Waals surface area contributed by atoms with Gasteiger partial charge in [0.05, 0.1) is 11.0 Å². The lowest BCUT2D eigenvalue weighted by molar-refractivity contribution is -0.110. The maximum atomic E-state index is 13.1. The lowest BCUT2D eigenvalue weighted by Gasteiger charge is -2.03. The number of rotatable bonds is 4. The van der Waals surface area contributed by atoms with Gasteiger partial charge in [0.15, 0.2) is 9.84 Å². The molecule has 1 aliphatic carbocycles. The fourth-order valence-corrected chi connectivity index (χ4v) is 5.25. The van der Waals surface area contributed by atoms with Crippen LogP contribution in [-0.2, 0) is 14.6 Å². The molecule has 1 fully saturated rings. The summed E-state index contributed by atoms with van der Waals surface area (Å²) in [5.41, 5.74) is -1.17. The van der Waals surface area contributed by atoms with Crippen molar-refractivity contribution in [1.82, 2.24) is 0 Å². The van der Waals surface area contributed by atoms with Gasteiger partial charge in [-0.25, -0.2) is 12.8 Å². The number of sulfone groups is 1. The molecule has 116 valence electrons. The third-order valence-electron chi connectivity index (χ3n) is 4.20. The number of aldehydes is 1. The molecule has 0 aromatic heterocycles. The molecule has 0 radical (unpaired) electrons. The first-order chi connectivity index (χ1) is 11.0. The van der Waals surface area contributed by atoms with E-state index in [9.17, 15) is 22.9 Å². The molecule has 23 heavy (non-hydrogen) atoms. The molecule has 0 amide bonds. The summed E-state index contributed by atoms with van der Waals surface area (Å²) in [5.74, 6) is -1.26. The number of halogens is 1. The van der Waals surface area contributed by atoms with Crippen molar-refractivity contribution >= 4 is 16.1 Å². The van der Waals surface area contributed by atoms with Gasteiger partial charge in [-0.3, -0.25) is 0 Å². The van der Waals surface area contributed by atoms with Crippen molar-refractivity contribution in [1.29, 1.82) is 5.26 Å². The number of hydrogen-bond acceptors (Lipinski definition) is 4. The van der Waals surface area contributed by atoms with Gasteiger partial charge in [0.2, 0.25) is 0 Å². The highest BCUT2D eigenvalue weighted by Gasteiger charge is 2.72. The summed E-state index contributed by atoms with van der Waals surface area (Å²) in [7, 11) is -3.85. The minimum Gasteiger partial charge on any atom is -0.302 e. The lowest BCUT2D eigenvalue weighted by atomic mass is 10.0. The minimum atomic E-state index is -3.85. The second-order valence-electron chi connectivity index (χ2n) is 5.47. The van der Waals surface area contributed by atoms with Crippen molar-refractivity contribution in [3.05, 3.63) is 66.0 Å². The van der Waals surface area contributed by atoms with Crippen LogP contribution in [0.2, 0.25) is 0 Å². The predicted octanol–water partition coefficient (Wildman–Crippen LogP) is 2.47. The summed E-state index contributed by atoms with van der Waals surface area (Å²) in [4.78, 5) is 11.6. The molecule has 0 aliphatic heterocycles. The van der Waals surface area contributed by atoms with E-state index in [4.69, 9.17) is 0 Å². The summed E-state index contributed by atoms with van der Waals surface area (Å²) in [6.45, 7) is 0. The monoisotopic (exact) mass is 329 g/mol. The Hall–Kier alpha value is -2.52. The van der Waals surface area contributed by atoms with Gasteiger partial charge in [-0.15, -0.1) is 0 Å². The van der Waals surface area contributed by atoms with Crippen LogP contribution in [-0.4, -0.2) is 20.0 Å². The van der Waals surface area contributed by atoms with Crippen molar-refractivity contribution in [2.75, 3.05) is 0 Å². The van der Waals surface area contributed by atoms with Gasteiger partial charge >= 0.3 is 0 Å². The van der Waals surface area contributed by atoms with Crippen molar-refractivity contribution in [2.24, 2.45) is 5.41 Å². The number of carbonyl (C=O) groups excluding carboxylic acids is 1. The van der Waals surface area contributed by atoms with E-state index >= 15 is 0 Å². The largest absolute Gasteiger partial charge is 0.302 e. The smallest absolute Gasteiger partial charge is 0.183 e. The summed E-state index contributed by atoms with van der Waals surface area (Å²) in [6.07, 6.45) is 0.395. The van der Waals surface area contributed by atoms with Crippen molar-refractivity contribution < 1.29 is 17.6 Å². The van der Waals surface area contributed by atoms with Crippen LogP contribution in [0, 0.1) is 22.6 Å². The number of hydrogen-bond donors (Lipinski definition) is 0. The Bertz CT molecular complexity index is 888. The molecule has 1 aliphatic rings. The summed E-state index contributed by atoms with van der Waals surface area (Å²) in [5, 5.41) is 8.24. The van der Waals surface area contributed by atoms with E-state index in [1.165, 1.54) is 36.4 Å². The molecule has 0 saturated heterocycles. The van der Waals surface area contributed by atoms with Gasteiger partial charge in [-0.05, 0) is 29.8 Å². The van der Waals surface area contributed by atoms with E-state index in [1.807, 2.05) is 6.07 Å². The van der Waals surface area contributed by atoms with Gasteiger partial charge in [0.25, 0.3) is 0 Å². The molecule has 0 spiro atoms. The number of nitriles is 1. The Balaban J connectivity index is 2.09. The number of carbonyl (C=O) groups is 1. The maximum absolute atomic E-state index is 13.1.